The molecule has 0 saturated carbocycles. The van der Waals surface area contributed by atoms with E-state index in [1.54, 1.807) is 0 Å². The minimum atomic E-state index is -1.60. The molecule has 0 spiro atoms. The molecule has 1 saturated heterocycles. The molecule has 1 aliphatic rings. The van der Waals surface area contributed by atoms with E-state index in [1.807, 2.05) is 0 Å². The number of carboxylic acid groups (broad SMARTS) is 2. The number of amides is 2. The van der Waals surface area contributed by atoms with Crippen molar-refractivity contribution >= 4 is 63.6 Å². The Morgan fingerprint density at radius 2 is 1.50 bits per heavy atom. The van der Waals surface area contributed by atoms with E-state index in [4.69, 9.17) is 44.4 Å². The summed E-state index contributed by atoms with van der Waals surface area (Å²) in [5.41, 5.74) is 5.04. The first-order valence-corrected chi connectivity index (χ1v) is 16.5. The molecule has 2 amide bonds. The van der Waals surface area contributed by atoms with Gasteiger partial charge in [-0.3, -0.25) is 9.59 Å². The third-order valence-electron chi connectivity index (χ3n) is 6.12. The molecule has 0 radical (unpaired) electrons. The molecule has 0 aromatic heterocycles. The van der Waals surface area contributed by atoms with Crippen LogP contribution >= 0.6 is 21.6 Å². The van der Waals surface area contributed by atoms with Gasteiger partial charge in [-0.25, -0.2) is 24.0 Å². The number of unbranched alkanes of at least 4 members (excludes halogenated alkanes) is 1. The quantitative estimate of drug-likeness (QED) is 0.0466. The van der Waals surface area contributed by atoms with Crippen molar-refractivity contribution in [3.05, 3.63) is 0 Å². The van der Waals surface area contributed by atoms with Crippen LogP contribution in [0.15, 0.2) is 0 Å². The maximum Gasteiger partial charge on any atom is 0.509 e. The first kappa shape index (κ1) is 40.5. The second-order valence-electron chi connectivity index (χ2n) is 10.2. The van der Waals surface area contributed by atoms with Crippen LogP contribution in [0.3, 0.4) is 0 Å². The van der Waals surface area contributed by atoms with Gasteiger partial charge in [0.05, 0.1) is 24.5 Å². The molecule has 4 atom stereocenters. The number of ether oxygens (including phenoxy) is 6. The maximum atomic E-state index is 12.2. The van der Waals surface area contributed by atoms with Gasteiger partial charge >= 0.3 is 36.1 Å². The van der Waals surface area contributed by atoms with Gasteiger partial charge in [0.15, 0.2) is 12.2 Å². The normalized spacial score (nSPS) is 16.1. The molecule has 0 aliphatic carbocycles. The number of nitrogens with one attached hydrogen (secondary N) is 2. The fraction of sp³-hybridized carbons (Fsp3) is 0.731. The number of hydrogen-bond donors (Lipinski definition) is 5. The van der Waals surface area contributed by atoms with Gasteiger partial charge in [0.1, 0.15) is 25.9 Å². The molecule has 18 nitrogen and oxygen atoms in total. The van der Waals surface area contributed by atoms with Gasteiger partial charge in [-0.2, -0.15) is 0 Å². The van der Waals surface area contributed by atoms with Gasteiger partial charge in [0.25, 0.3) is 0 Å². The topological polar surface area (TPSA) is 265 Å². The second-order valence-corrected chi connectivity index (χ2v) is 12.6. The summed E-state index contributed by atoms with van der Waals surface area (Å²) in [6.07, 6.45) is -4.33. The van der Waals surface area contributed by atoms with E-state index in [1.165, 1.54) is 42.5 Å². The zero-order valence-electron chi connectivity index (χ0n) is 25.7. The minimum Gasteiger partial charge on any atom is -0.481 e. The van der Waals surface area contributed by atoms with Crippen molar-refractivity contribution < 1.29 is 72.2 Å². The number of methoxy groups -OCH3 is 1. The highest BCUT2D eigenvalue weighted by Gasteiger charge is 2.39. The molecule has 1 rings (SSSR count). The highest BCUT2D eigenvalue weighted by molar-refractivity contribution is 8.77. The van der Waals surface area contributed by atoms with Crippen LogP contribution in [0.1, 0.15) is 39.5 Å². The summed E-state index contributed by atoms with van der Waals surface area (Å²) in [7, 11) is 4.43. The Kier molecular flexibility index (Phi) is 18.8. The molecular formula is C26H41N3O15S2. The summed E-state index contributed by atoms with van der Waals surface area (Å²) in [5, 5.41) is 22.4. The average molecular weight is 700 g/mol. The summed E-state index contributed by atoms with van der Waals surface area (Å²) in [5.74, 6) is -4.47. The zero-order chi connectivity index (χ0) is 34.7. The van der Waals surface area contributed by atoms with Crippen molar-refractivity contribution in [3.8, 4) is 0 Å². The molecular weight excluding hydrogens is 658 g/mol. The molecule has 0 aromatic rings. The standard InChI is InChI=1S/C26H41N3O15S2/c1-15(22(35)40-9-8-39-3)43-23(36)16(2)44-25(38)42-12-26(13-45-46-14-26)11-41-24(37)28-7-5-4-6-17(27)20(32)29-18(21(33)34)10-19(30)31/h15-18H,4-14,27H2,1-3H3,(H,28,37)(H,29,32)(H,30,31)(H,33,34). The number of rotatable bonds is 21. The van der Waals surface area contributed by atoms with Crippen LogP contribution in [0.25, 0.3) is 0 Å². The Bertz CT molecular complexity index is 1060. The van der Waals surface area contributed by atoms with Crippen LogP contribution < -0.4 is 16.4 Å². The average Bonchev–Trinajstić information content (AvgIpc) is 3.47. The Morgan fingerprint density at radius 3 is 2.11 bits per heavy atom. The predicted molar refractivity (Wildman–Crippen MR) is 161 cm³/mol. The number of aliphatic carboxylic acids is 2. The van der Waals surface area contributed by atoms with E-state index < -0.39 is 78.2 Å². The fourth-order valence-corrected chi connectivity index (χ4v) is 6.75. The number of nitrogens with two attached hydrogens (primary N) is 1. The van der Waals surface area contributed by atoms with Crippen LogP contribution in [0.2, 0.25) is 0 Å². The first-order chi connectivity index (χ1) is 21.7. The summed E-state index contributed by atoms with van der Waals surface area (Å²) >= 11 is 0. The van der Waals surface area contributed by atoms with Crippen molar-refractivity contribution in [2.24, 2.45) is 11.1 Å². The van der Waals surface area contributed by atoms with E-state index >= 15 is 0 Å². The minimum absolute atomic E-state index is 0.0191. The first-order valence-electron chi connectivity index (χ1n) is 14.0. The van der Waals surface area contributed by atoms with Crippen LogP contribution in [0, 0.1) is 5.41 Å². The predicted octanol–water partition coefficient (Wildman–Crippen LogP) is 0.299. The van der Waals surface area contributed by atoms with Crippen LogP contribution in [-0.4, -0.2) is 128 Å². The molecule has 1 heterocycles. The van der Waals surface area contributed by atoms with E-state index in [9.17, 15) is 33.6 Å². The van der Waals surface area contributed by atoms with Crippen LogP contribution in [0.5, 0.6) is 0 Å². The molecule has 6 N–H and O–H groups in total. The van der Waals surface area contributed by atoms with Crippen LogP contribution in [0.4, 0.5) is 9.59 Å². The number of carbonyl (C=O) groups is 7. The third kappa shape index (κ3) is 16.2. The van der Waals surface area contributed by atoms with E-state index in [2.05, 4.69) is 10.6 Å². The molecule has 0 aromatic carbocycles. The maximum absolute atomic E-state index is 12.2. The van der Waals surface area contributed by atoms with E-state index in [-0.39, 0.29) is 39.4 Å². The van der Waals surface area contributed by atoms with Gasteiger partial charge in [0, 0.05) is 25.2 Å². The van der Waals surface area contributed by atoms with Crippen molar-refractivity contribution in [2.45, 2.75) is 63.8 Å². The lowest BCUT2D eigenvalue weighted by Crippen LogP contribution is -2.49. The van der Waals surface area contributed by atoms with Crippen molar-refractivity contribution in [3.63, 3.8) is 0 Å². The van der Waals surface area contributed by atoms with Gasteiger partial charge in [0.2, 0.25) is 5.91 Å². The molecule has 1 aliphatic heterocycles. The second kappa shape index (κ2) is 21.3. The summed E-state index contributed by atoms with van der Waals surface area (Å²) in [6.45, 7) is 2.63. The van der Waals surface area contributed by atoms with Crippen molar-refractivity contribution in [2.75, 3.05) is 51.6 Å². The van der Waals surface area contributed by atoms with E-state index in [0.29, 0.717) is 24.3 Å². The molecule has 262 valence electrons. The molecule has 0 bridgehead atoms. The highest BCUT2D eigenvalue weighted by Crippen LogP contribution is 2.43. The zero-order valence-corrected chi connectivity index (χ0v) is 27.3. The molecule has 4 unspecified atom stereocenters. The van der Waals surface area contributed by atoms with Gasteiger partial charge < -0.3 is 55.0 Å². The third-order valence-corrected chi connectivity index (χ3v) is 8.96. The monoisotopic (exact) mass is 699 g/mol. The SMILES string of the molecule is COCCOC(=O)C(C)OC(=O)C(C)OC(=O)OCC1(COC(=O)NCCCCC(N)C(=O)NC(CC(=O)O)C(=O)O)CSSC1. The Hall–Kier alpha value is -3.49. The Labute approximate surface area is 272 Å². The van der Waals surface area contributed by atoms with Gasteiger partial charge in [-0.1, -0.05) is 21.6 Å². The fourth-order valence-electron chi connectivity index (χ4n) is 3.42. The van der Waals surface area contributed by atoms with Crippen molar-refractivity contribution in [1.82, 2.24) is 10.6 Å². The Morgan fingerprint density at radius 1 is 0.870 bits per heavy atom. The number of esters is 2. The summed E-state index contributed by atoms with van der Waals surface area (Å²) in [6, 6.07) is -2.67. The summed E-state index contributed by atoms with van der Waals surface area (Å²) < 4.78 is 30.0. The lowest BCUT2D eigenvalue weighted by atomic mass is 9.95. The van der Waals surface area contributed by atoms with Crippen LogP contribution in [-0.2, 0) is 52.4 Å². The largest absolute Gasteiger partial charge is 0.509 e. The number of carboxylic acids is 2. The highest BCUT2D eigenvalue weighted by atomic mass is 33.1. The molecule has 46 heavy (non-hydrogen) atoms. The number of carbonyl (C=O) groups excluding carboxylic acids is 5. The number of alkyl carbamates (subject to hydrolysis) is 1. The van der Waals surface area contributed by atoms with Gasteiger partial charge in [-0.05, 0) is 33.1 Å². The Balaban J connectivity index is 2.38. The smallest absolute Gasteiger partial charge is 0.481 e. The van der Waals surface area contributed by atoms with Crippen molar-refractivity contribution in [1.29, 1.82) is 0 Å². The molecule has 20 heteroatoms. The lowest BCUT2D eigenvalue weighted by molar-refractivity contribution is -0.172. The lowest BCUT2D eigenvalue weighted by Gasteiger charge is -2.26. The van der Waals surface area contributed by atoms with Gasteiger partial charge in [-0.15, -0.1) is 0 Å². The number of hydrogen-bond acceptors (Lipinski definition) is 16. The summed E-state index contributed by atoms with van der Waals surface area (Å²) in [4.78, 5) is 82.4. The molecule has 1 fully saturated rings. The van der Waals surface area contributed by atoms with E-state index in [0.717, 1.165) is 0 Å².